The molecule has 0 spiro atoms. The van der Waals surface area contributed by atoms with Gasteiger partial charge in [0.15, 0.2) is 0 Å². The van der Waals surface area contributed by atoms with Crippen LogP contribution in [0.2, 0.25) is 0 Å². The van der Waals surface area contributed by atoms with E-state index in [-0.39, 0.29) is 17.4 Å². The van der Waals surface area contributed by atoms with Crippen molar-refractivity contribution in [1.29, 1.82) is 0 Å². The van der Waals surface area contributed by atoms with E-state index in [1.165, 1.54) is 23.3 Å². The fourth-order valence-corrected chi connectivity index (χ4v) is 7.16. The largest absolute Gasteiger partial charge is 0.455 e. The summed E-state index contributed by atoms with van der Waals surface area (Å²) in [6.07, 6.45) is -4.55. The van der Waals surface area contributed by atoms with Crippen LogP contribution in [0.25, 0.3) is 72.3 Å². The molecule has 3 nitrogen and oxygen atoms in total. The first-order valence-corrected chi connectivity index (χ1v) is 16.9. The molecule has 0 radical (unpaired) electrons. The molecule has 50 heavy (non-hydrogen) atoms. The van der Waals surface area contributed by atoms with Gasteiger partial charge in [-0.25, -0.2) is 4.98 Å². The second kappa shape index (κ2) is 12.1. The number of aromatic nitrogens is 2. The van der Waals surface area contributed by atoms with Gasteiger partial charge in [-0.3, -0.25) is 4.57 Å². The molecule has 2 aromatic heterocycles. The Balaban J connectivity index is 1.44. The number of fused-ring (bicyclic) bond motifs is 4. The molecule has 0 saturated carbocycles. The second-order valence-corrected chi connectivity index (χ2v) is 13.5. The van der Waals surface area contributed by atoms with E-state index in [2.05, 4.69) is 74.7 Å². The van der Waals surface area contributed by atoms with Crippen molar-refractivity contribution in [3.05, 3.63) is 144 Å². The molecule has 0 atom stereocenters. The van der Waals surface area contributed by atoms with Crippen molar-refractivity contribution >= 4 is 33.0 Å². The van der Waals surface area contributed by atoms with Gasteiger partial charge < -0.3 is 4.42 Å². The van der Waals surface area contributed by atoms with Crippen molar-refractivity contribution in [2.45, 2.75) is 45.7 Å². The lowest BCUT2D eigenvalue weighted by Gasteiger charge is -2.24. The van der Waals surface area contributed by atoms with Gasteiger partial charge in [-0.05, 0) is 87.7 Å². The minimum absolute atomic E-state index is 0.0834. The number of nitrogens with zero attached hydrogens (tertiary/aromatic N) is 2. The minimum Gasteiger partial charge on any atom is -0.455 e. The summed E-state index contributed by atoms with van der Waals surface area (Å²) in [6.45, 7) is 8.83. The number of imidazole rings is 1. The van der Waals surface area contributed by atoms with E-state index in [4.69, 9.17) is 9.40 Å². The van der Waals surface area contributed by atoms with Crippen LogP contribution >= 0.6 is 0 Å². The van der Waals surface area contributed by atoms with E-state index in [1.807, 2.05) is 42.5 Å². The number of alkyl halides is 3. The van der Waals surface area contributed by atoms with Crippen LogP contribution in [-0.2, 0) is 6.18 Å². The van der Waals surface area contributed by atoms with Crippen LogP contribution in [0.4, 0.5) is 13.2 Å². The Labute approximate surface area is 288 Å². The average Bonchev–Trinajstić information content (AvgIpc) is 3.69. The summed E-state index contributed by atoms with van der Waals surface area (Å²) in [5.74, 6) is 1.03. The zero-order valence-corrected chi connectivity index (χ0v) is 28.2. The predicted octanol–water partition coefficient (Wildman–Crippen LogP) is 13.2. The zero-order chi connectivity index (χ0) is 34.7. The summed E-state index contributed by atoms with van der Waals surface area (Å²) in [6, 6.07) is 40.1. The molecule has 8 aromatic rings. The number of furan rings is 1. The Morgan fingerprint density at radius 2 is 1.22 bits per heavy atom. The quantitative estimate of drug-likeness (QED) is 0.177. The molecule has 0 aliphatic heterocycles. The Morgan fingerprint density at radius 3 is 1.86 bits per heavy atom. The smallest absolute Gasteiger partial charge is 0.417 e. The SMILES string of the molecule is CC(C)c1cc(-c2ccccc2)cc(C(C)C)c1-n1c(-c2cccc3c2oc2cc(-c4ccccc4)c(C(F)(F)F)cc23)nc2ccccc21. The maximum absolute atomic E-state index is 14.6. The van der Waals surface area contributed by atoms with Crippen LogP contribution in [-0.4, -0.2) is 9.55 Å². The van der Waals surface area contributed by atoms with E-state index >= 15 is 0 Å². The zero-order valence-electron chi connectivity index (χ0n) is 28.2. The van der Waals surface area contributed by atoms with Gasteiger partial charge in [0.1, 0.15) is 17.0 Å². The van der Waals surface area contributed by atoms with Gasteiger partial charge in [0.05, 0.1) is 27.8 Å². The lowest BCUT2D eigenvalue weighted by molar-refractivity contribution is -0.137. The first-order chi connectivity index (χ1) is 24.1. The van der Waals surface area contributed by atoms with Crippen molar-refractivity contribution in [2.24, 2.45) is 0 Å². The van der Waals surface area contributed by atoms with Gasteiger partial charge >= 0.3 is 6.18 Å². The molecule has 0 amide bonds. The van der Waals surface area contributed by atoms with Gasteiger partial charge in [-0.15, -0.1) is 0 Å². The van der Waals surface area contributed by atoms with E-state index < -0.39 is 11.7 Å². The normalized spacial score (nSPS) is 12.3. The summed E-state index contributed by atoms with van der Waals surface area (Å²) >= 11 is 0. The van der Waals surface area contributed by atoms with E-state index in [0.29, 0.717) is 38.9 Å². The Kier molecular flexibility index (Phi) is 7.63. The summed E-state index contributed by atoms with van der Waals surface area (Å²) in [5.41, 5.74) is 8.95. The molecular formula is C44H35F3N2O. The van der Waals surface area contributed by atoms with Crippen molar-refractivity contribution in [3.63, 3.8) is 0 Å². The average molecular weight is 665 g/mol. The van der Waals surface area contributed by atoms with Gasteiger partial charge in [-0.1, -0.05) is 113 Å². The molecule has 0 unspecified atom stereocenters. The number of hydrogen-bond donors (Lipinski definition) is 0. The van der Waals surface area contributed by atoms with E-state index in [0.717, 1.165) is 27.8 Å². The molecule has 2 heterocycles. The maximum atomic E-state index is 14.6. The van der Waals surface area contributed by atoms with Gasteiger partial charge in [-0.2, -0.15) is 13.2 Å². The van der Waals surface area contributed by atoms with Crippen LogP contribution < -0.4 is 0 Å². The molecule has 0 aliphatic rings. The van der Waals surface area contributed by atoms with E-state index in [9.17, 15) is 13.2 Å². The topological polar surface area (TPSA) is 31.0 Å². The van der Waals surface area contributed by atoms with Crippen LogP contribution in [0, 0.1) is 0 Å². The molecule has 0 saturated heterocycles. The summed E-state index contributed by atoms with van der Waals surface area (Å²) in [4.78, 5) is 5.21. The Bertz CT molecular complexity index is 2490. The highest BCUT2D eigenvalue weighted by Gasteiger charge is 2.35. The summed E-state index contributed by atoms with van der Waals surface area (Å²) in [7, 11) is 0. The van der Waals surface area contributed by atoms with Gasteiger partial charge in [0.2, 0.25) is 0 Å². The fourth-order valence-electron chi connectivity index (χ4n) is 7.16. The van der Waals surface area contributed by atoms with Crippen LogP contribution in [0.15, 0.2) is 132 Å². The maximum Gasteiger partial charge on any atom is 0.417 e. The molecule has 0 N–H and O–H groups in total. The third-order valence-corrected chi connectivity index (χ3v) is 9.57. The van der Waals surface area contributed by atoms with Crippen LogP contribution in [0.1, 0.15) is 56.2 Å². The van der Waals surface area contributed by atoms with Crippen molar-refractivity contribution < 1.29 is 17.6 Å². The standard InChI is InChI=1S/C44H35F3N2O/c1-26(2)33-22-30(28-14-7-5-8-15-28)23-34(27(3)4)41(33)49-39-21-12-11-20-38(39)48-43(49)32-19-13-18-31-36-24-37(44(45,46)47)35(25-40(36)50-42(31)32)29-16-9-6-10-17-29/h5-27H,1-4H3. The molecule has 8 rings (SSSR count). The number of rotatable bonds is 6. The fraction of sp³-hybridized carbons (Fsp3) is 0.159. The molecule has 6 aromatic carbocycles. The lowest BCUT2D eigenvalue weighted by atomic mass is 9.88. The highest BCUT2D eigenvalue weighted by Crippen LogP contribution is 2.45. The monoisotopic (exact) mass is 664 g/mol. The summed E-state index contributed by atoms with van der Waals surface area (Å²) < 4.78 is 52.5. The molecule has 248 valence electrons. The van der Waals surface area contributed by atoms with Gasteiger partial charge in [0.25, 0.3) is 0 Å². The molecular weight excluding hydrogens is 629 g/mol. The van der Waals surface area contributed by atoms with Gasteiger partial charge in [0, 0.05) is 10.8 Å². The third kappa shape index (κ3) is 5.27. The number of hydrogen-bond acceptors (Lipinski definition) is 2. The number of benzene rings is 6. The number of halogens is 3. The molecule has 6 heteroatoms. The Morgan fingerprint density at radius 1 is 0.600 bits per heavy atom. The third-order valence-electron chi connectivity index (χ3n) is 9.57. The van der Waals surface area contributed by atoms with Crippen LogP contribution in [0.5, 0.6) is 0 Å². The molecule has 0 bridgehead atoms. The van der Waals surface area contributed by atoms with Crippen LogP contribution in [0.3, 0.4) is 0 Å². The van der Waals surface area contributed by atoms with Crippen molar-refractivity contribution in [2.75, 3.05) is 0 Å². The van der Waals surface area contributed by atoms with E-state index in [1.54, 1.807) is 30.3 Å². The predicted molar refractivity (Wildman–Crippen MR) is 198 cm³/mol. The minimum atomic E-state index is -4.55. The highest BCUT2D eigenvalue weighted by molar-refractivity contribution is 6.11. The molecule has 0 aliphatic carbocycles. The lowest BCUT2D eigenvalue weighted by Crippen LogP contribution is -2.09. The summed E-state index contributed by atoms with van der Waals surface area (Å²) in [5, 5.41) is 1.02. The first-order valence-electron chi connectivity index (χ1n) is 16.9. The Hall–Kier alpha value is -5.62. The number of para-hydroxylation sites is 3. The van der Waals surface area contributed by atoms with Crippen molar-refractivity contribution in [1.82, 2.24) is 9.55 Å². The highest BCUT2D eigenvalue weighted by atomic mass is 19.4. The molecule has 0 fully saturated rings. The second-order valence-electron chi connectivity index (χ2n) is 13.5. The van der Waals surface area contributed by atoms with Crippen molar-refractivity contribution in [3.8, 4) is 39.3 Å². The first kappa shape index (κ1) is 31.6.